The van der Waals surface area contributed by atoms with Crippen LogP contribution in [0.4, 0.5) is 5.69 Å². The fourth-order valence-electron chi connectivity index (χ4n) is 2.75. The van der Waals surface area contributed by atoms with Crippen LogP contribution in [0.25, 0.3) is 34.1 Å². The van der Waals surface area contributed by atoms with Crippen LogP contribution in [0.5, 0.6) is 0 Å². The van der Waals surface area contributed by atoms with E-state index in [9.17, 15) is 4.79 Å². The van der Waals surface area contributed by atoms with Gasteiger partial charge in [0.15, 0.2) is 5.82 Å². The summed E-state index contributed by atoms with van der Waals surface area (Å²) in [7, 11) is 0. The van der Waals surface area contributed by atoms with E-state index in [1.165, 1.54) is 0 Å². The van der Waals surface area contributed by atoms with Crippen LogP contribution in [0.3, 0.4) is 0 Å². The van der Waals surface area contributed by atoms with Crippen molar-refractivity contribution in [3.63, 3.8) is 0 Å². The summed E-state index contributed by atoms with van der Waals surface area (Å²) in [5, 5.41) is 8.68. The van der Waals surface area contributed by atoms with Crippen molar-refractivity contribution in [1.82, 2.24) is 20.2 Å². The van der Waals surface area contributed by atoms with Gasteiger partial charge < -0.3 is 19.3 Å². The molecule has 0 aliphatic carbocycles. The summed E-state index contributed by atoms with van der Waals surface area (Å²) in [5.74, 6) is 0.563. The Morgan fingerprint density at radius 3 is 2.72 bits per heavy atom. The number of carbonyl (C=O) groups is 1. The number of benzene rings is 1. The normalized spacial score (nSPS) is 11.1. The Bertz CT molecular complexity index is 1170. The van der Waals surface area contributed by atoms with Gasteiger partial charge in [-0.15, -0.1) is 10.2 Å². The molecular formula is C19H17N5O4S. The Labute approximate surface area is 169 Å². The molecule has 0 unspecified atom stereocenters. The molecule has 4 rings (SSSR count). The third-order valence-corrected chi connectivity index (χ3v) is 4.81. The molecule has 9 nitrogen and oxygen atoms in total. The first-order valence-corrected chi connectivity index (χ1v) is 9.79. The third kappa shape index (κ3) is 3.79. The van der Waals surface area contributed by atoms with Crippen LogP contribution in [-0.4, -0.2) is 38.5 Å². The Morgan fingerprint density at radius 2 is 1.97 bits per heavy atom. The third-order valence-electron chi connectivity index (χ3n) is 4.02. The second-order valence-corrected chi connectivity index (χ2v) is 6.92. The van der Waals surface area contributed by atoms with Gasteiger partial charge in [0, 0.05) is 5.56 Å². The zero-order valence-electron chi connectivity index (χ0n) is 15.7. The topological polar surface area (TPSA) is 130 Å². The quantitative estimate of drug-likeness (QED) is 0.371. The van der Waals surface area contributed by atoms with Crippen molar-refractivity contribution in [2.24, 2.45) is 0 Å². The van der Waals surface area contributed by atoms with E-state index in [2.05, 4.69) is 20.2 Å². The summed E-state index contributed by atoms with van der Waals surface area (Å²) in [6.07, 6.45) is 0. The zero-order chi connectivity index (χ0) is 20.4. The number of ether oxygens (including phenoxy) is 1. The van der Waals surface area contributed by atoms with Gasteiger partial charge in [-0.1, -0.05) is 42.1 Å². The summed E-state index contributed by atoms with van der Waals surface area (Å²) in [4.78, 5) is 20.5. The van der Waals surface area contributed by atoms with E-state index in [1.54, 1.807) is 6.92 Å². The highest BCUT2D eigenvalue weighted by atomic mass is 32.2. The number of nitrogens with two attached hydrogens (primary N) is 1. The first-order chi connectivity index (χ1) is 14.1. The van der Waals surface area contributed by atoms with E-state index in [1.807, 2.05) is 37.3 Å². The molecule has 0 saturated carbocycles. The number of esters is 1. The maximum atomic E-state index is 11.5. The number of aryl methyl sites for hydroxylation is 1. The summed E-state index contributed by atoms with van der Waals surface area (Å²) < 4.78 is 16.3. The number of hydrogen-bond acceptors (Lipinski definition) is 10. The minimum atomic E-state index is -0.361. The number of fused-ring (bicyclic) bond motifs is 1. The lowest BCUT2D eigenvalue weighted by Gasteiger charge is -2.02. The number of thioether (sulfide) groups is 1. The molecule has 0 spiro atoms. The number of aromatic nitrogens is 4. The average molecular weight is 411 g/mol. The Balaban J connectivity index is 1.66. The molecule has 0 aliphatic rings. The van der Waals surface area contributed by atoms with Crippen LogP contribution >= 0.6 is 11.8 Å². The molecule has 29 heavy (non-hydrogen) atoms. The zero-order valence-corrected chi connectivity index (χ0v) is 16.5. The molecule has 3 heterocycles. The number of hydrogen-bond donors (Lipinski definition) is 1. The van der Waals surface area contributed by atoms with E-state index in [0.29, 0.717) is 34.9 Å². The first kappa shape index (κ1) is 18.9. The van der Waals surface area contributed by atoms with E-state index in [0.717, 1.165) is 17.3 Å². The Kier molecular flexibility index (Phi) is 5.17. The molecule has 2 N–H and O–H groups in total. The highest BCUT2D eigenvalue weighted by Gasteiger charge is 2.23. The largest absolute Gasteiger partial charge is 0.465 e. The Morgan fingerprint density at radius 1 is 1.17 bits per heavy atom. The SMILES string of the molecule is CCOC(=O)CSc1nnc(-c2oc3nc(-c4ccccc4)nc(C)c3c2N)o1. The highest BCUT2D eigenvalue weighted by molar-refractivity contribution is 7.99. The van der Waals surface area contributed by atoms with Gasteiger partial charge in [0.1, 0.15) is 5.75 Å². The van der Waals surface area contributed by atoms with E-state index >= 15 is 0 Å². The second-order valence-electron chi connectivity index (χ2n) is 5.99. The van der Waals surface area contributed by atoms with Crippen molar-refractivity contribution in [3.8, 4) is 23.0 Å². The first-order valence-electron chi connectivity index (χ1n) is 8.81. The van der Waals surface area contributed by atoms with Gasteiger partial charge in [-0.2, -0.15) is 4.98 Å². The molecule has 0 aliphatic heterocycles. The van der Waals surface area contributed by atoms with Crippen molar-refractivity contribution in [2.45, 2.75) is 19.1 Å². The van der Waals surface area contributed by atoms with Gasteiger partial charge >= 0.3 is 5.97 Å². The fourth-order valence-corrected chi connectivity index (χ4v) is 3.32. The molecule has 10 heteroatoms. The van der Waals surface area contributed by atoms with Crippen molar-refractivity contribution in [3.05, 3.63) is 36.0 Å². The summed E-state index contributed by atoms with van der Waals surface area (Å²) in [6, 6.07) is 9.57. The molecule has 1 aromatic carbocycles. The number of furan rings is 1. The Hall–Kier alpha value is -3.40. The van der Waals surface area contributed by atoms with Gasteiger partial charge in [-0.25, -0.2) is 4.98 Å². The van der Waals surface area contributed by atoms with Crippen molar-refractivity contribution in [1.29, 1.82) is 0 Å². The standard InChI is InChI=1S/C19H17N5O4S/c1-3-26-12(25)9-29-19-24-23-18(28-19)15-14(20)13-10(2)21-16(22-17(13)27-15)11-7-5-4-6-8-11/h4-8H,3,9,20H2,1-2H3. The smallest absolute Gasteiger partial charge is 0.316 e. The highest BCUT2D eigenvalue weighted by Crippen LogP contribution is 2.37. The van der Waals surface area contributed by atoms with Gasteiger partial charge in [0.25, 0.3) is 11.1 Å². The second kappa shape index (κ2) is 7.92. The monoisotopic (exact) mass is 411 g/mol. The molecule has 4 aromatic rings. The minimum Gasteiger partial charge on any atom is -0.465 e. The maximum absolute atomic E-state index is 11.5. The number of nitrogen functional groups attached to an aromatic ring is 1. The van der Waals surface area contributed by atoms with Gasteiger partial charge in [0.2, 0.25) is 11.5 Å². The number of nitrogens with zero attached hydrogens (tertiary/aromatic N) is 4. The fraction of sp³-hybridized carbons (Fsp3) is 0.211. The molecule has 0 radical (unpaired) electrons. The molecule has 0 fully saturated rings. The van der Waals surface area contributed by atoms with Crippen LogP contribution in [0.1, 0.15) is 12.6 Å². The van der Waals surface area contributed by atoms with E-state index in [4.69, 9.17) is 19.3 Å². The van der Waals surface area contributed by atoms with Crippen molar-refractivity contribution >= 4 is 34.5 Å². The van der Waals surface area contributed by atoms with Gasteiger partial charge in [-0.3, -0.25) is 4.79 Å². The van der Waals surface area contributed by atoms with E-state index < -0.39 is 0 Å². The minimum absolute atomic E-state index is 0.0656. The number of rotatable bonds is 6. The summed E-state index contributed by atoms with van der Waals surface area (Å²) in [5.41, 5.74) is 8.45. The van der Waals surface area contributed by atoms with Gasteiger partial charge in [0.05, 0.1) is 23.4 Å². The predicted octanol–water partition coefficient (Wildman–Crippen LogP) is 3.49. The molecule has 148 valence electrons. The lowest BCUT2D eigenvalue weighted by molar-refractivity contribution is -0.139. The van der Waals surface area contributed by atoms with Crippen LogP contribution in [0.2, 0.25) is 0 Å². The number of carbonyl (C=O) groups excluding carboxylic acids is 1. The van der Waals surface area contributed by atoms with Crippen LogP contribution in [-0.2, 0) is 9.53 Å². The molecule has 0 atom stereocenters. The van der Waals surface area contributed by atoms with Crippen molar-refractivity contribution in [2.75, 3.05) is 18.1 Å². The lowest BCUT2D eigenvalue weighted by Crippen LogP contribution is -2.06. The molecule has 0 bridgehead atoms. The molecule has 0 saturated heterocycles. The van der Waals surface area contributed by atoms with Crippen molar-refractivity contribution < 1.29 is 18.4 Å². The van der Waals surface area contributed by atoms with Gasteiger partial charge in [-0.05, 0) is 13.8 Å². The average Bonchev–Trinajstić information content (AvgIpc) is 3.32. The van der Waals surface area contributed by atoms with Crippen LogP contribution in [0.15, 0.2) is 44.4 Å². The number of anilines is 1. The van der Waals surface area contributed by atoms with Crippen LogP contribution in [0, 0.1) is 6.92 Å². The summed E-state index contributed by atoms with van der Waals surface area (Å²) >= 11 is 1.07. The van der Waals surface area contributed by atoms with Crippen LogP contribution < -0.4 is 5.73 Å². The maximum Gasteiger partial charge on any atom is 0.316 e. The molecular weight excluding hydrogens is 394 g/mol. The molecule has 0 amide bonds. The predicted molar refractivity (Wildman–Crippen MR) is 107 cm³/mol. The van der Waals surface area contributed by atoms with E-state index in [-0.39, 0.29) is 28.6 Å². The molecule has 3 aromatic heterocycles. The lowest BCUT2D eigenvalue weighted by atomic mass is 10.2. The summed E-state index contributed by atoms with van der Waals surface area (Å²) in [6.45, 7) is 3.89.